The molecule has 1 aliphatic carbocycles. The fraction of sp³-hybridized carbons (Fsp3) is 0.480. The normalized spacial score (nSPS) is 16.4. The number of piperazine rings is 1. The van der Waals surface area contributed by atoms with Gasteiger partial charge in [-0.05, 0) is 50.3 Å². The van der Waals surface area contributed by atoms with E-state index in [0.717, 1.165) is 54.0 Å². The minimum absolute atomic E-state index is 0.0686. The lowest BCUT2D eigenvalue weighted by atomic mass is 10.1. The Morgan fingerprint density at radius 3 is 2.76 bits per heavy atom. The summed E-state index contributed by atoms with van der Waals surface area (Å²) in [5.74, 6) is 1.24. The van der Waals surface area contributed by atoms with Crippen LogP contribution in [-0.4, -0.2) is 59.3 Å². The molecule has 34 heavy (non-hydrogen) atoms. The van der Waals surface area contributed by atoms with E-state index >= 15 is 0 Å². The molecule has 0 saturated carbocycles. The third kappa shape index (κ3) is 4.81. The first-order chi connectivity index (χ1) is 16.6. The molecule has 1 N–H and O–H groups in total. The van der Waals surface area contributed by atoms with Crippen molar-refractivity contribution in [3.05, 3.63) is 45.1 Å². The van der Waals surface area contributed by atoms with Crippen LogP contribution in [0.3, 0.4) is 0 Å². The third-order valence-corrected chi connectivity index (χ3v) is 8.57. The molecule has 0 unspecified atom stereocenters. The smallest absolute Gasteiger partial charge is 0.260 e. The second-order valence-electron chi connectivity index (χ2n) is 8.67. The molecule has 3 heterocycles. The van der Waals surface area contributed by atoms with E-state index in [2.05, 4.69) is 16.0 Å². The summed E-state index contributed by atoms with van der Waals surface area (Å²) in [7, 11) is 0. The molecule has 180 valence electrons. The molecule has 0 atom stereocenters. The van der Waals surface area contributed by atoms with Crippen LogP contribution >= 0.6 is 23.1 Å². The van der Waals surface area contributed by atoms with Crippen molar-refractivity contribution in [1.82, 2.24) is 14.9 Å². The van der Waals surface area contributed by atoms with Gasteiger partial charge in [0, 0.05) is 31.1 Å². The number of hydrogen-bond donors (Lipinski definition) is 1. The van der Waals surface area contributed by atoms with Crippen LogP contribution < -0.4 is 15.2 Å². The number of carbonyl (C=O) groups is 1. The summed E-state index contributed by atoms with van der Waals surface area (Å²) in [6.45, 7) is 5.48. The minimum atomic E-state index is -0.0686. The number of aryl methyl sites for hydroxylation is 2. The number of aromatic amines is 1. The first kappa shape index (κ1) is 23.2. The Morgan fingerprint density at radius 2 is 1.94 bits per heavy atom. The summed E-state index contributed by atoms with van der Waals surface area (Å²) in [6.07, 6.45) is 5.54. The van der Waals surface area contributed by atoms with Crippen LogP contribution in [-0.2, 0) is 17.6 Å². The first-order valence-electron chi connectivity index (χ1n) is 12.1. The number of benzene rings is 1. The molecule has 2 aromatic heterocycles. The zero-order valence-corrected chi connectivity index (χ0v) is 21.1. The van der Waals surface area contributed by atoms with Crippen LogP contribution in [0.25, 0.3) is 10.2 Å². The maximum atomic E-state index is 12.9. The Kier molecular flexibility index (Phi) is 7.10. The van der Waals surface area contributed by atoms with Crippen LogP contribution in [0.1, 0.15) is 36.6 Å². The molecule has 5 rings (SSSR count). The average Bonchev–Trinajstić information content (AvgIpc) is 3.05. The number of thioether (sulfide) groups is 1. The van der Waals surface area contributed by atoms with Crippen molar-refractivity contribution in [3.8, 4) is 5.75 Å². The number of carbonyl (C=O) groups excluding carboxylic acids is 1. The molecule has 7 nitrogen and oxygen atoms in total. The third-order valence-electron chi connectivity index (χ3n) is 6.52. The summed E-state index contributed by atoms with van der Waals surface area (Å²) in [4.78, 5) is 39.6. The number of rotatable bonds is 6. The number of hydrogen-bond acceptors (Lipinski definition) is 7. The number of H-pyrrole nitrogens is 1. The summed E-state index contributed by atoms with van der Waals surface area (Å²) in [5.41, 5.74) is 2.21. The highest BCUT2D eigenvalue weighted by atomic mass is 32.2. The maximum absolute atomic E-state index is 12.9. The summed E-state index contributed by atoms with van der Waals surface area (Å²) >= 11 is 2.97. The second-order valence-corrected chi connectivity index (χ2v) is 10.7. The van der Waals surface area contributed by atoms with Gasteiger partial charge in [0.2, 0.25) is 5.91 Å². The standard InChI is InChI=1S/C25H30N4O3S2/c1-2-32-19-10-7-6-9-18(19)28-12-14-29(15-13-28)21(30)16-33-25-26-23(31)22-17-8-4-3-5-11-20(17)34-24(22)27-25/h6-7,9-10H,2-5,8,11-16H2,1H3,(H,26,27,31). The van der Waals surface area contributed by atoms with Crippen LogP contribution in [0.5, 0.6) is 5.75 Å². The number of anilines is 1. The van der Waals surface area contributed by atoms with Gasteiger partial charge in [-0.1, -0.05) is 30.3 Å². The number of aromatic nitrogens is 2. The number of fused-ring (bicyclic) bond motifs is 3. The Labute approximate surface area is 207 Å². The SMILES string of the molecule is CCOc1ccccc1N1CCN(C(=O)CSc2nc3sc4c(c3c(=O)[nH]2)CCCCC4)CC1. The summed E-state index contributed by atoms with van der Waals surface area (Å²) in [5, 5.41) is 1.30. The van der Waals surface area contributed by atoms with E-state index in [-0.39, 0.29) is 17.2 Å². The zero-order chi connectivity index (χ0) is 23.5. The number of amides is 1. The molecule has 1 saturated heterocycles. The van der Waals surface area contributed by atoms with Gasteiger partial charge in [-0.25, -0.2) is 4.98 Å². The molecule has 1 aromatic carbocycles. The van der Waals surface area contributed by atoms with Gasteiger partial charge in [-0.15, -0.1) is 11.3 Å². The number of ether oxygens (including phenoxy) is 1. The fourth-order valence-corrected chi connectivity index (χ4v) is 6.89. The Bertz CT molecular complexity index is 1230. The lowest BCUT2D eigenvalue weighted by molar-refractivity contribution is -0.128. The van der Waals surface area contributed by atoms with Gasteiger partial charge in [0.25, 0.3) is 5.56 Å². The van der Waals surface area contributed by atoms with Crippen molar-refractivity contribution in [2.24, 2.45) is 0 Å². The lowest BCUT2D eigenvalue weighted by Gasteiger charge is -2.36. The highest BCUT2D eigenvalue weighted by molar-refractivity contribution is 7.99. The molecular formula is C25H30N4O3S2. The number of nitrogens with one attached hydrogen (secondary N) is 1. The topological polar surface area (TPSA) is 78.5 Å². The van der Waals surface area contributed by atoms with Crippen molar-refractivity contribution in [3.63, 3.8) is 0 Å². The molecular weight excluding hydrogens is 468 g/mol. The van der Waals surface area contributed by atoms with Gasteiger partial charge in [0.1, 0.15) is 10.6 Å². The van der Waals surface area contributed by atoms with Crippen LogP contribution in [0.15, 0.2) is 34.2 Å². The summed E-state index contributed by atoms with van der Waals surface area (Å²) < 4.78 is 5.76. The predicted octanol–water partition coefficient (Wildman–Crippen LogP) is 4.09. The number of thiophene rings is 1. The minimum Gasteiger partial charge on any atom is -0.492 e. The van der Waals surface area contributed by atoms with Gasteiger partial charge < -0.3 is 19.5 Å². The van der Waals surface area contributed by atoms with Crippen molar-refractivity contribution in [1.29, 1.82) is 0 Å². The predicted molar refractivity (Wildman–Crippen MR) is 139 cm³/mol. The Balaban J connectivity index is 1.20. The van der Waals surface area contributed by atoms with E-state index in [1.54, 1.807) is 11.3 Å². The molecule has 3 aromatic rings. The molecule has 1 fully saturated rings. The first-order valence-corrected chi connectivity index (χ1v) is 13.9. The van der Waals surface area contributed by atoms with E-state index in [1.807, 2.05) is 30.0 Å². The van der Waals surface area contributed by atoms with E-state index in [0.29, 0.717) is 24.9 Å². The van der Waals surface area contributed by atoms with E-state index in [1.165, 1.54) is 35.0 Å². The Hall–Kier alpha value is -2.52. The molecule has 1 aliphatic heterocycles. The van der Waals surface area contributed by atoms with Crippen molar-refractivity contribution >= 4 is 44.9 Å². The van der Waals surface area contributed by atoms with Crippen LogP contribution in [0.4, 0.5) is 5.69 Å². The summed E-state index contributed by atoms with van der Waals surface area (Å²) in [6, 6.07) is 8.06. The van der Waals surface area contributed by atoms with Crippen LogP contribution in [0.2, 0.25) is 0 Å². The maximum Gasteiger partial charge on any atom is 0.260 e. The van der Waals surface area contributed by atoms with Gasteiger partial charge in [-0.3, -0.25) is 9.59 Å². The van der Waals surface area contributed by atoms with Gasteiger partial charge in [-0.2, -0.15) is 0 Å². The second kappa shape index (κ2) is 10.4. The Morgan fingerprint density at radius 1 is 1.15 bits per heavy atom. The quantitative estimate of drug-likeness (QED) is 0.313. The number of nitrogens with zero attached hydrogens (tertiary/aromatic N) is 3. The molecule has 0 spiro atoms. The van der Waals surface area contributed by atoms with E-state index < -0.39 is 0 Å². The van der Waals surface area contributed by atoms with Crippen molar-refractivity contribution < 1.29 is 9.53 Å². The van der Waals surface area contributed by atoms with Crippen molar-refractivity contribution in [2.75, 3.05) is 43.4 Å². The lowest BCUT2D eigenvalue weighted by Crippen LogP contribution is -2.49. The largest absolute Gasteiger partial charge is 0.492 e. The average molecular weight is 499 g/mol. The highest BCUT2D eigenvalue weighted by Gasteiger charge is 2.24. The highest BCUT2D eigenvalue weighted by Crippen LogP contribution is 2.33. The van der Waals surface area contributed by atoms with E-state index in [9.17, 15) is 9.59 Å². The number of para-hydroxylation sites is 2. The molecule has 0 bridgehead atoms. The van der Waals surface area contributed by atoms with Crippen LogP contribution in [0, 0.1) is 0 Å². The van der Waals surface area contributed by atoms with Gasteiger partial charge in [0.15, 0.2) is 5.16 Å². The molecule has 9 heteroatoms. The molecule has 2 aliphatic rings. The zero-order valence-electron chi connectivity index (χ0n) is 19.5. The van der Waals surface area contributed by atoms with Crippen molar-refractivity contribution in [2.45, 2.75) is 44.2 Å². The van der Waals surface area contributed by atoms with Gasteiger partial charge in [0.05, 0.1) is 23.4 Å². The van der Waals surface area contributed by atoms with E-state index in [4.69, 9.17) is 9.72 Å². The van der Waals surface area contributed by atoms with Gasteiger partial charge >= 0.3 is 0 Å². The molecule has 1 amide bonds. The molecule has 0 radical (unpaired) electrons. The monoisotopic (exact) mass is 498 g/mol. The fourth-order valence-electron chi connectivity index (χ4n) is 4.80.